The summed E-state index contributed by atoms with van der Waals surface area (Å²) in [4.78, 5) is 11.2. The lowest BCUT2D eigenvalue weighted by atomic mass is 10.0. The van der Waals surface area contributed by atoms with Crippen LogP contribution in [-0.4, -0.2) is 20.2 Å². The summed E-state index contributed by atoms with van der Waals surface area (Å²) in [7, 11) is 3.21. The van der Waals surface area contributed by atoms with E-state index in [1.54, 1.807) is 20.3 Å². The molecule has 0 amide bonds. The van der Waals surface area contributed by atoms with Gasteiger partial charge in [0.2, 0.25) is 0 Å². The highest BCUT2D eigenvalue weighted by Gasteiger charge is 2.15. The van der Waals surface area contributed by atoms with E-state index in [1.165, 1.54) is 6.92 Å². The minimum Gasteiger partial charge on any atom is -0.496 e. The average molecular weight is 260 g/mol. The van der Waals surface area contributed by atoms with Crippen LogP contribution in [0.2, 0.25) is 0 Å². The Morgan fingerprint density at radius 3 is 2.42 bits per heavy atom. The van der Waals surface area contributed by atoms with Crippen molar-refractivity contribution < 1.29 is 19.0 Å². The van der Waals surface area contributed by atoms with E-state index in [2.05, 4.69) is 0 Å². The first kappa shape index (κ1) is 13.2. The lowest BCUT2D eigenvalue weighted by molar-refractivity contribution is -0.131. The number of carbonyl (C=O) groups is 1. The predicted molar refractivity (Wildman–Crippen MR) is 73.1 cm³/mol. The van der Waals surface area contributed by atoms with Crippen molar-refractivity contribution in [2.75, 3.05) is 14.2 Å². The number of methoxy groups -OCH3 is 2. The van der Waals surface area contributed by atoms with Gasteiger partial charge in [-0.3, -0.25) is 4.79 Å². The van der Waals surface area contributed by atoms with Crippen molar-refractivity contribution in [3.63, 3.8) is 0 Å². The standard InChI is InChI=1S/C15H16O4/c1-9-8-13(17-3)14-11(15(9)18-4)6-5-7-12(14)19-10(2)16/h5-8H,1-4H3. The molecule has 0 heterocycles. The van der Waals surface area contributed by atoms with Crippen molar-refractivity contribution in [3.05, 3.63) is 29.8 Å². The first-order chi connectivity index (χ1) is 9.08. The minimum absolute atomic E-state index is 0.367. The Kier molecular flexibility index (Phi) is 3.60. The Morgan fingerprint density at radius 1 is 1.11 bits per heavy atom. The van der Waals surface area contributed by atoms with Crippen LogP contribution in [0.15, 0.2) is 24.3 Å². The summed E-state index contributed by atoms with van der Waals surface area (Å²) in [6, 6.07) is 7.34. The molecule has 0 bridgehead atoms. The maximum Gasteiger partial charge on any atom is 0.308 e. The number of aryl methyl sites for hydroxylation is 1. The number of esters is 1. The molecule has 0 aliphatic rings. The van der Waals surface area contributed by atoms with Gasteiger partial charge in [0.05, 0.1) is 19.6 Å². The van der Waals surface area contributed by atoms with E-state index in [0.29, 0.717) is 11.5 Å². The fraction of sp³-hybridized carbons (Fsp3) is 0.267. The second kappa shape index (κ2) is 5.18. The monoisotopic (exact) mass is 260 g/mol. The van der Waals surface area contributed by atoms with Crippen LogP contribution in [-0.2, 0) is 4.79 Å². The molecular formula is C15H16O4. The van der Waals surface area contributed by atoms with Crippen LogP contribution in [0.4, 0.5) is 0 Å². The van der Waals surface area contributed by atoms with E-state index in [4.69, 9.17) is 14.2 Å². The molecule has 2 rings (SSSR count). The molecule has 4 heteroatoms. The van der Waals surface area contributed by atoms with Gasteiger partial charge >= 0.3 is 5.97 Å². The van der Waals surface area contributed by atoms with E-state index in [1.807, 2.05) is 25.1 Å². The molecular weight excluding hydrogens is 244 g/mol. The zero-order chi connectivity index (χ0) is 14.0. The van der Waals surface area contributed by atoms with Crippen molar-refractivity contribution in [1.29, 1.82) is 0 Å². The average Bonchev–Trinajstić information content (AvgIpc) is 2.37. The van der Waals surface area contributed by atoms with E-state index in [9.17, 15) is 4.79 Å². The largest absolute Gasteiger partial charge is 0.496 e. The van der Waals surface area contributed by atoms with Gasteiger partial charge in [-0.2, -0.15) is 0 Å². The van der Waals surface area contributed by atoms with Gasteiger partial charge in [-0.25, -0.2) is 0 Å². The van der Waals surface area contributed by atoms with Crippen molar-refractivity contribution in [2.45, 2.75) is 13.8 Å². The van der Waals surface area contributed by atoms with E-state index in [0.717, 1.165) is 22.1 Å². The Balaban J connectivity index is 2.82. The van der Waals surface area contributed by atoms with E-state index >= 15 is 0 Å². The molecule has 100 valence electrons. The number of hydrogen-bond acceptors (Lipinski definition) is 4. The Hall–Kier alpha value is -2.23. The third-order valence-corrected chi connectivity index (χ3v) is 2.90. The molecule has 0 aliphatic carbocycles. The van der Waals surface area contributed by atoms with Gasteiger partial charge in [0, 0.05) is 12.3 Å². The number of fused-ring (bicyclic) bond motifs is 1. The summed E-state index contributed by atoms with van der Waals surface area (Å²) in [6.07, 6.45) is 0. The lowest BCUT2D eigenvalue weighted by Gasteiger charge is -2.15. The number of carbonyl (C=O) groups excluding carboxylic acids is 1. The normalized spacial score (nSPS) is 10.3. The summed E-state index contributed by atoms with van der Waals surface area (Å²) < 4.78 is 16.0. The molecule has 0 aliphatic heterocycles. The highest BCUT2D eigenvalue weighted by Crippen LogP contribution is 2.41. The topological polar surface area (TPSA) is 44.8 Å². The first-order valence-corrected chi connectivity index (χ1v) is 5.91. The summed E-state index contributed by atoms with van der Waals surface area (Å²) in [5, 5.41) is 1.60. The van der Waals surface area contributed by atoms with Crippen LogP contribution in [0.3, 0.4) is 0 Å². The van der Waals surface area contributed by atoms with Gasteiger partial charge in [0.25, 0.3) is 0 Å². The highest BCUT2D eigenvalue weighted by molar-refractivity contribution is 5.99. The zero-order valence-corrected chi connectivity index (χ0v) is 11.4. The second-order valence-electron chi connectivity index (χ2n) is 4.20. The number of rotatable bonds is 3. The maximum absolute atomic E-state index is 11.2. The summed E-state index contributed by atoms with van der Waals surface area (Å²) >= 11 is 0. The summed E-state index contributed by atoms with van der Waals surface area (Å²) in [5.74, 6) is 1.52. The molecule has 2 aromatic rings. The van der Waals surface area contributed by atoms with Gasteiger partial charge in [0.15, 0.2) is 0 Å². The SMILES string of the molecule is COc1c(C)cc(OC)c2c(OC(C)=O)cccc12. The predicted octanol–water partition coefficient (Wildman–Crippen LogP) is 3.09. The van der Waals surface area contributed by atoms with Crippen molar-refractivity contribution >= 4 is 16.7 Å². The molecule has 0 fully saturated rings. The zero-order valence-electron chi connectivity index (χ0n) is 11.4. The fourth-order valence-electron chi connectivity index (χ4n) is 2.19. The quantitative estimate of drug-likeness (QED) is 0.628. The molecule has 0 saturated carbocycles. The molecule has 0 spiro atoms. The number of hydrogen-bond donors (Lipinski definition) is 0. The third kappa shape index (κ3) is 2.34. The number of ether oxygens (including phenoxy) is 3. The maximum atomic E-state index is 11.2. The Morgan fingerprint density at radius 2 is 1.84 bits per heavy atom. The third-order valence-electron chi connectivity index (χ3n) is 2.90. The van der Waals surface area contributed by atoms with Gasteiger partial charge in [-0.1, -0.05) is 12.1 Å². The molecule has 0 saturated heterocycles. The first-order valence-electron chi connectivity index (χ1n) is 5.91. The molecule has 19 heavy (non-hydrogen) atoms. The Labute approximate surface area is 111 Å². The molecule has 0 atom stereocenters. The lowest BCUT2D eigenvalue weighted by Crippen LogP contribution is -2.03. The van der Waals surface area contributed by atoms with Crippen LogP contribution >= 0.6 is 0 Å². The summed E-state index contributed by atoms with van der Waals surface area (Å²) in [6.45, 7) is 3.32. The minimum atomic E-state index is -0.367. The Bertz CT molecular complexity index is 632. The van der Waals surface area contributed by atoms with Crippen molar-refractivity contribution in [3.8, 4) is 17.2 Å². The van der Waals surface area contributed by atoms with Gasteiger partial charge < -0.3 is 14.2 Å². The van der Waals surface area contributed by atoms with E-state index < -0.39 is 0 Å². The van der Waals surface area contributed by atoms with Gasteiger partial charge in [-0.05, 0) is 24.6 Å². The molecule has 0 radical (unpaired) electrons. The highest BCUT2D eigenvalue weighted by atomic mass is 16.5. The summed E-state index contributed by atoms with van der Waals surface area (Å²) in [5.41, 5.74) is 0.965. The molecule has 4 nitrogen and oxygen atoms in total. The molecule has 2 aromatic carbocycles. The molecule has 0 N–H and O–H groups in total. The number of benzene rings is 2. The van der Waals surface area contributed by atoms with Gasteiger partial charge in [0.1, 0.15) is 17.2 Å². The van der Waals surface area contributed by atoms with E-state index in [-0.39, 0.29) is 5.97 Å². The van der Waals surface area contributed by atoms with Gasteiger partial charge in [-0.15, -0.1) is 0 Å². The second-order valence-corrected chi connectivity index (χ2v) is 4.20. The fourth-order valence-corrected chi connectivity index (χ4v) is 2.19. The van der Waals surface area contributed by atoms with Crippen LogP contribution in [0.1, 0.15) is 12.5 Å². The smallest absolute Gasteiger partial charge is 0.308 e. The van der Waals surface area contributed by atoms with Crippen LogP contribution in [0.5, 0.6) is 17.2 Å². The molecule has 0 unspecified atom stereocenters. The van der Waals surface area contributed by atoms with Crippen molar-refractivity contribution in [1.82, 2.24) is 0 Å². The molecule has 0 aromatic heterocycles. The van der Waals surface area contributed by atoms with Crippen LogP contribution in [0, 0.1) is 6.92 Å². The van der Waals surface area contributed by atoms with Crippen molar-refractivity contribution in [2.24, 2.45) is 0 Å². The van der Waals surface area contributed by atoms with Crippen LogP contribution in [0.25, 0.3) is 10.8 Å². The van der Waals surface area contributed by atoms with Crippen LogP contribution < -0.4 is 14.2 Å².